The van der Waals surface area contributed by atoms with Crippen LogP contribution in [0.25, 0.3) is 11.2 Å². The number of hydrogen-bond donors (Lipinski definition) is 3. The Balaban J connectivity index is 1.67. The topological polar surface area (TPSA) is 136 Å². The highest BCUT2D eigenvalue weighted by Gasteiger charge is 2.36. The van der Waals surface area contributed by atoms with Crippen LogP contribution >= 0.6 is 27.5 Å². The van der Waals surface area contributed by atoms with Gasteiger partial charge in [0.15, 0.2) is 11.5 Å². The minimum absolute atomic E-state index is 0.0542. The molecule has 1 aliphatic heterocycles. The SMILES string of the molecule is Nc1ncnc2c1ncn2Cc1c(Br)cc(Cl)cc1N1CC[C@](N)(CCC(=O)O)C1. The van der Waals surface area contributed by atoms with Crippen LogP contribution in [0.1, 0.15) is 24.8 Å². The number of carboxylic acid groups (broad SMARTS) is 1. The average molecular weight is 495 g/mol. The number of benzene rings is 1. The zero-order valence-corrected chi connectivity index (χ0v) is 18.4. The molecular formula is C19H21BrClN7O2. The predicted octanol–water partition coefficient (Wildman–Crippen LogP) is 2.65. The van der Waals surface area contributed by atoms with Crippen LogP contribution in [-0.2, 0) is 11.3 Å². The van der Waals surface area contributed by atoms with E-state index in [1.165, 1.54) is 6.33 Å². The van der Waals surface area contributed by atoms with Crippen molar-refractivity contribution in [2.75, 3.05) is 23.7 Å². The van der Waals surface area contributed by atoms with Gasteiger partial charge >= 0.3 is 5.97 Å². The summed E-state index contributed by atoms with van der Waals surface area (Å²) >= 11 is 9.99. The average Bonchev–Trinajstić information content (AvgIpc) is 3.27. The van der Waals surface area contributed by atoms with Crippen LogP contribution in [0.3, 0.4) is 0 Å². The molecule has 1 saturated heterocycles. The molecular weight excluding hydrogens is 474 g/mol. The van der Waals surface area contributed by atoms with Crippen LogP contribution in [0.15, 0.2) is 29.3 Å². The Labute approximate surface area is 186 Å². The summed E-state index contributed by atoms with van der Waals surface area (Å²) in [7, 11) is 0. The molecule has 11 heteroatoms. The van der Waals surface area contributed by atoms with E-state index < -0.39 is 11.5 Å². The molecule has 0 saturated carbocycles. The van der Waals surface area contributed by atoms with Gasteiger partial charge in [0.05, 0.1) is 12.9 Å². The molecule has 2 aromatic heterocycles. The highest BCUT2D eigenvalue weighted by molar-refractivity contribution is 9.10. The van der Waals surface area contributed by atoms with Gasteiger partial charge in [0.25, 0.3) is 0 Å². The molecule has 0 radical (unpaired) electrons. The molecule has 30 heavy (non-hydrogen) atoms. The normalized spacial score (nSPS) is 19.0. The second-order valence-electron chi connectivity index (χ2n) is 7.62. The fraction of sp³-hybridized carbons (Fsp3) is 0.368. The number of rotatable bonds is 6. The summed E-state index contributed by atoms with van der Waals surface area (Å²) in [6.07, 6.45) is 4.29. The molecule has 0 aliphatic carbocycles. The van der Waals surface area contributed by atoms with E-state index in [0.717, 1.165) is 22.3 Å². The molecule has 1 aliphatic rings. The molecule has 9 nitrogen and oxygen atoms in total. The van der Waals surface area contributed by atoms with Crippen molar-refractivity contribution in [1.29, 1.82) is 0 Å². The summed E-state index contributed by atoms with van der Waals surface area (Å²) < 4.78 is 2.76. The van der Waals surface area contributed by atoms with Crippen molar-refractivity contribution < 1.29 is 9.90 Å². The molecule has 5 N–H and O–H groups in total. The molecule has 1 atom stereocenters. The lowest BCUT2D eigenvalue weighted by Gasteiger charge is -2.27. The van der Waals surface area contributed by atoms with Crippen molar-refractivity contribution in [2.24, 2.45) is 5.73 Å². The highest BCUT2D eigenvalue weighted by Crippen LogP contribution is 2.37. The van der Waals surface area contributed by atoms with Gasteiger partial charge in [0.1, 0.15) is 11.8 Å². The van der Waals surface area contributed by atoms with Crippen molar-refractivity contribution in [3.63, 3.8) is 0 Å². The Morgan fingerprint density at radius 3 is 2.90 bits per heavy atom. The fourth-order valence-electron chi connectivity index (χ4n) is 3.87. The zero-order valence-electron chi connectivity index (χ0n) is 16.1. The summed E-state index contributed by atoms with van der Waals surface area (Å²) in [4.78, 5) is 25.8. The van der Waals surface area contributed by atoms with Gasteiger partial charge in [-0.05, 0) is 25.0 Å². The van der Waals surface area contributed by atoms with Crippen molar-refractivity contribution >= 4 is 56.2 Å². The molecule has 158 valence electrons. The lowest BCUT2D eigenvalue weighted by atomic mass is 9.94. The van der Waals surface area contributed by atoms with Gasteiger partial charge in [0.2, 0.25) is 0 Å². The van der Waals surface area contributed by atoms with Gasteiger partial charge in [-0.2, -0.15) is 0 Å². The van der Waals surface area contributed by atoms with Crippen LogP contribution in [0.5, 0.6) is 0 Å². The van der Waals surface area contributed by atoms with Gasteiger partial charge in [-0.25, -0.2) is 15.0 Å². The van der Waals surface area contributed by atoms with Gasteiger partial charge < -0.3 is 26.0 Å². The molecule has 0 unspecified atom stereocenters. The molecule has 1 fully saturated rings. The van der Waals surface area contributed by atoms with Crippen LogP contribution in [0, 0.1) is 0 Å². The molecule has 1 aromatic carbocycles. The lowest BCUT2D eigenvalue weighted by Crippen LogP contribution is -2.43. The van der Waals surface area contributed by atoms with E-state index in [1.807, 2.05) is 16.7 Å². The van der Waals surface area contributed by atoms with E-state index in [2.05, 4.69) is 35.8 Å². The van der Waals surface area contributed by atoms with Crippen LogP contribution in [0.2, 0.25) is 5.02 Å². The number of anilines is 2. The molecule has 4 rings (SSSR count). The molecule has 3 aromatic rings. The minimum atomic E-state index is -0.835. The van der Waals surface area contributed by atoms with E-state index in [0.29, 0.717) is 47.9 Å². The van der Waals surface area contributed by atoms with Crippen molar-refractivity contribution in [3.05, 3.63) is 39.8 Å². The van der Waals surface area contributed by atoms with Crippen molar-refractivity contribution in [3.8, 4) is 0 Å². The monoisotopic (exact) mass is 493 g/mol. The van der Waals surface area contributed by atoms with Crippen LogP contribution in [0.4, 0.5) is 11.5 Å². The summed E-state index contributed by atoms with van der Waals surface area (Å²) in [5.41, 5.74) is 15.0. The Hall–Kier alpha value is -2.43. The number of aliphatic carboxylic acids is 1. The van der Waals surface area contributed by atoms with Gasteiger partial charge in [-0.1, -0.05) is 27.5 Å². The number of fused-ring (bicyclic) bond motifs is 1. The summed E-state index contributed by atoms with van der Waals surface area (Å²) in [5.74, 6) is -0.502. The van der Waals surface area contributed by atoms with E-state index >= 15 is 0 Å². The molecule has 3 heterocycles. The minimum Gasteiger partial charge on any atom is -0.481 e. The van der Waals surface area contributed by atoms with Gasteiger partial charge in [-0.3, -0.25) is 4.79 Å². The second-order valence-corrected chi connectivity index (χ2v) is 8.91. The molecule has 0 amide bonds. The van der Waals surface area contributed by atoms with E-state index in [-0.39, 0.29) is 6.42 Å². The number of hydrogen-bond acceptors (Lipinski definition) is 7. The number of nitrogen functional groups attached to an aromatic ring is 1. The summed E-state index contributed by atoms with van der Waals surface area (Å²) in [6, 6.07) is 3.76. The van der Waals surface area contributed by atoms with Crippen LogP contribution < -0.4 is 16.4 Å². The van der Waals surface area contributed by atoms with E-state index in [4.69, 9.17) is 28.2 Å². The maximum Gasteiger partial charge on any atom is 0.303 e. The number of imidazole rings is 1. The van der Waals surface area contributed by atoms with Gasteiger partial charge in [-0.15, -0.1) is 0 Å². The third-order valence-electron chi connectivity index (χ3n) is 5.46. The first-order chi connectivity index (χ1) is 14.3. The molecule has 0 bridgehead atoms. The third-order valence-corrected chi connectivity index (χ3v) is 6.38. The Morgan fingerprint density at radius 1 is 1.33 bits per heavy atom. The van der Waals surface area contributed by atoms with E-state index in [1.54, 1.807) is 6.33 Å². The van der Waals surface area contributed by atoms with E-state index in [9.17, 15) is 4.79 Å². The van der Waals surface area contributed by atoms with Crippen LogP contribution in [-0.4, -0.2) is 49.2 Å². The maximum absolute atomic E-state index is 11.0. The Morgan fingerprint density at radius 2 is 2.13 bits per heavy atom. The number of nitrogens with zero attached hydrogens (tertiary/aromatic N) is 5. The fourth-order valence-corrected chi connectivity index (χ4v) is 4.79. The first-order valence-electron chi connectivity index (χ1n) is 9.41. The quantitative estimate of drug-likeness (QED) is 0.476. The first-order valence-corrected chi connectivity index (χ1v) is 10.6. The predicted molar refractivity (Wildman–Crippen MR) is 119 cm³/mol. The zero-order chi connectivity index (χ0) is 21.5. The second kappa shape index (κ2) is 8.01. The Bertz CT molecular complexity index is 1120. The maximum atomic E-state index is 11.0. The van der Waals surface area contributed by atoms with Gasteiger partial charge in [0, 0.05) is 45.8 Å². The standard InChI is InChI=1S/C19H21BrClN7O2/c20-13-5-11(21)6-14(27-4-3-19(23,8-27)2-1-15(29)30)12(13)7-28-10-26-16-17(22)24-9-25-18(16)28/h5-6,9-10H,1-4,7-8,23H2,(H,29,30)(H2,22,24,25)/t19-/m1/s1. The number of halogens is 2. The number of aromatic nitrogens is 4. The highest BCUT2D eigenvalue weighted by atomic mass is 79.9. The lowest BCUT2D eigenvalue weighted by molar-refractivity contribution is -0.137. The number of carboxylic acids is 1. The number of nitrogens with two attached hydrogens (primary N) is 2. The summed E-state index contributed by atoms with van der Waals surface area (Å²) in [6.45, 7) is 1.76. The molecule has 0 spiro atoms. The van der Waals surface area contributed by atoms with Crippen molar-refractivity contribution in [1.82, 2.24) is 19.5 Å². The first kappa shape index (κ1) is 20.8. The smallest absolute Gasteiger partial charge is 0.303 e. The largest absolute Gasteiger partial charge is 0.481 e. The number of carbonyl (C=O) groups is 1. The van der Waals surface area contributed by atoms with Crippen molar-refractivity contribution in [2.45, 2.75) is 31.3 Å². The Kier molecular flexibility index (Phi) is 5.56. The third kappa shape index (κ3) is 4.07. The summed E-state index contributed by atoms with van der Waals surface area (Å²) in [5, 5.41) is 9.62.